The van der Waals surface area contributed by atoms with Gasteiger partial charge in [0.1, 0.15) is 0 Å². The number of nitrogens with zero attached hydrogens (tertiary/aromatic N) is 1. The Kier molecular flexibility index (Phi) is 4.93. The Labute approximate surface area is 140 Å². The highest BCUT2D eigenvalue weighted by Crippen LogP contribution is 2.34. The van der Waals surface area contributed by atoms with E-state index in [9.17, 15) is 9.18 Å². The Morgan fingerprint density at radius 1 is 1.38 bits per heavy atom. The average Bonchev–Trinajstić information content (AvgIpc) is 2.61. The average molecular weight is 329 g/mol. The van der Waals surface area contributed by atoms with Gasteiger partial charge in [0, 0.05) is 24.4 Å². The first-order valence-corrected chi connectivity index (χ1v) is 8.07. The molecule has 5 nitrogen and oxygen atoms in total. The minimum atomic E-state index is -0.400. The molecule has 2 atom stereocenters. The molecule has 0 bridgehead atoms. The molecule has 1 aromatic carbocycles. The number of ether oxygens (including phenoxy) is 1. The van der Waals surface area contributed by atoms with Crippen molar-refractivity contribution in [3.05, 3.63) is 59.7 Å². The summed E-state index contributed by atoms with van der Waals surface area (Å²) < 4.78 is 19.2. The molecule has 2 heterocycles. The summed E-state index contributed by atoms with van der Waals surface area (Å²) >= 11 is 0. The summed E-state index contributed by atoms with van der Waals surface area (Å²) in [7, 11) is 0. The summed E-state index contributed by atoms with van der Waals surface area (Å²) in [6, 6.07) is 7.89. The first-order valence-electron chi connectivity index (χ1n) is 8.07. The maximum atomic E-state index is 13.8. The molecule has 6 heteroatoms. The van der Waals surface area contributed by atoms with Crippen LogP contribution in [-0.2, 0) is 0 Å². The molecule has 2 amide bonds. The fraction of sp³-hybridized carbons (Fsp3) is 0.333. The molecule has 24 heavy (non-hydrogen) atoms. The van der Waals surface area contributed by atoms with Crippen LogP contribution in [0.4, 0.5) is 9.18 Å². The molecule has 1 unspecified atom stereocenters. The van der Waals surface area contributed by atoms with E-state index >= 15 is 0 Å². The van der Waals surface area contributed by atoms with Crippen molar-refractivity contribution in [2.45, 2.75) is 31.8 Å². The number of fused-ring (bicyclic) bond motifs is 1. The molecular formula is C18H20FN3O2. The smallest absolute Gasteiger partial charge is 0.315 e. The van der Waals surface area contributed by atoms with Gasteiger partial charge < -0.3 is 15.4 Å². The third-order valence-corrected chi connectivity index (χ3v) is 4.15. The van der Waals surface area contributed by atoms with Gasteiger partial charge in [-0.05, 0) is 30.2 Å². The predicted molar refractivity (Wildman–Crippen MR) is 88.2 cm³/mol. The van der Waals surface area contributed by atoms with Gasteiger partial charge >= 0.3 is 6.03 Å². The summed E-state index contributed by atoms with van der Waals surface area (Å²) in [5, 5.41) is 5.89. The van der Waals surface area contributed by atoms with Crippen molar-refractivity contribution in [3.8, 4) is 5.75 Å². The summed E-state index contributed by atoms with van der Waals surface area (Å²) in [4.78, 5) is 16.4. The number of pyridine rings is 1. The summed E-state index contributed by atoms with van der Waals surface area (Å²) in [5.41, 5.74) is 1.68. The van der Waals surface area contributed by atoms with Gasteiger partial charge in [-0.15, -0.1) is 0 Å². The zero-order valence-corrected chi connectivity index (χ0v) is 13.5. The zero-order valence-electron chi connectivity index (χ0n) is 13.5. The minimum Gasteiger partial charge on any atom is -0.490 e. The van der Waals surface area contributed by atoms with Gasteiger partial charge in [-0.1, -0.05) is 19.1 Å². The first kappa shape index (κ1) is 16.2. The second-order valence-corrected chi connectivity index (χ2v) is 5.71. The third-order valence-electron chi connectivity index (χ3n) is 4.15. The standard InChI is InChI=1S/C18H20FN3O2/c1-2-15(12-6-9-20-10-7-12)21-18(23)22-16-8-11-24-17-13(16)4-3-5-14(17)19/h3-7,9-10,15-16H,2,8,11H2,1H3,(H2,21,22,23)/t15?,16-/m0/s1. The molecule has 0 saturated carbocycles. The van der Waals surface area contributed by atoms with Crippen molar-refractivity contribution < 1.29 is 13.9 Å². The molecule has 2 aromatic rings. The van der Waals surface area contributed by atoms with Gasteiger partial charge in [-0.25, -0.2) is 9.18 Å². The van der Waals surface area contributed by atoms with Crippen molar-refractivity contribution in [2.24, 2.45) is 0 Å². The molecule has 0 radical (unpaired) electrons. The Balaban J connectivity index is 1.69. The van der Waals surface area contributed by atoms with E-state index in [4.69, 9.17) is 4.74 Å². The van der Waals surface area contributed by atoms with Gasteiger partial charge in [0.15, 0.2) is 11.6 Å². The molecule has 0 aliphatic carbocycles. The van der Waals surface area contributed by atoms with E-state index in [1.807, 2.05) is 19.1 Å². The zero-order chi connectivity index (χ0) is 16.9. The van der Waals surface area contributed by atoms with E-state index in [-0.39, 0.29) is 23.9 Å². The largest absolute Gasteiger partial charge is 0.490 e. The van der Waals surface area contributed by atoms with E-state index in [1.54, 1.807) is 24.5 Å². The molecule has 1 aromatic heterocycles. The molecule has 3 rings (SSSR count). The number of halogens is 1. The number of hydrogen-bond acceptors (Lipinski definition) is 3. The van der Waals surface area contributed by atoms with Crippen LogP contribution < -0.4 is 15.4 Å². The molecule has 1 aliphatic rings. The molecule has 0 saturated heterocycles. The van der Waals surface area contributed by atoms with E-state index in [0.717, 1.165) is 12.0 Å². The Hall–Kier alpha value is -2.63. The van der Waals surface area contributed by atoms with Crippen LogP contribution in [0.3, 0.4) is 0 Å². The number of carbonyl (C=O) groups is 1. The number of hydrogen-bond donors (Lipinski definition) is 2. The SMILES string of the molecule is CCC(NC(=O)N[C@H]1CCOc2c(F)cccc21)c1ccncc1. The Bertz CT molecular complexity index is 709. The van der Waals surface area contributed by atoms with Crippen molar-refractivity contribution in [1.29, 1.82) is 0 Å². The number of urea groups is 1. The van der Waals surface area contributed by atoms with Crippen LogP contribution in [0.5, 0.6) is 5.75 Å². The number of para-hydroxylation sites is 1. The van der Waals surface area contributed by atoms with E-state index in [1.165, 1.54) is 6.07 Å². The maximum Gasteiger partial charge on any atom is 0.315 e. The van der Waals surface area contributed by atoms with Crippen LogP contribution in [0.2, 0.25) is 0 Å². The molecule has 2 N–H and O–H groups in total. The molecule has 0 spiro atoms. The predicted octanol–water partition coefficient (Wildman–Crippen LogP) is 3.49. The lowest BCUT2D eigenvalue weighted by atomic mass is 10.0. The van der Waals surface area contributed by atoms with Crippen molar-refractivity contribution in [2.75, 3.05) is 6.61 Å². The minimum absolute atomic E-state index is 0.0974. The highest BCUT2D eigenvalue weighted by atomic mass is 19.1. The van der Waals surface area contributed by atoms with Crippen LogP contribution in [0.25, 0.3) is 0 Å². The number of carbonyl (C=O) groups excluding carboxylic acids is 1. The van der Waals surface area contributed by atoms with Crippen molar-refractivity contribution in [3.63, 3.8) is 0 Å². The second kappa shape index (κ2) is 7.29. The van der Waals surface area contributed by atoms with E-state index < -0.39 is 5.82 Å². The molecule has 0 fully saturated rings. The van der Waals surface area contributed by atoms with Crippen molar-refractivity contribution >= 4 is 6.03 Å². The normalized spacial score (nSPS) is 17.3. The van der Waals surface area contributed by atoms with Crippen LogP contribution in [-0.4, -0.2) is 17.6 Å². The summed E-state index contributed by atoms with van der Waals surface area (Å²) in [6.45, 7) is 2.38. The lowest BCUT2D eigenvalue weighted by molar-refractivity contribution is 0.216. The van der Waals surface area contributed by atoms with Gasteiger partial charge in [-0.3, -0.25) is 4.98 Å². The highest BCUT2D eigenvalue weighted by Gasteiger charge is 2.25. The van der Waals surface area contributed by atoms with Crippen LogP contribution in [0, 0.1) is 5.82 Å². The molecular weight excluding hydrogens is 309 g/mol. The van der Waals surface area contributed by atoms with Gasteiger partial charge in [0.05, 0.1) is 18.7 Å². The lowest BCUT2D eigenvalue weighted by Gasteiger charge is -2.28. The van der Waals surface area contributed by atoms with Crippen LogP contribution in [0.1, 0.15) is 43.0 Å². The Morgan fingerprint density at radius 2 is 2.17 bits per heavy atom. The van der Waals surface area contributed by atoms with Crippen LogP contribution >= 0.6 is 0 Å². The fourth-order valence-corrected chi connectivity index (χ4v) is 2.91. The fourth-order valence-electron chi connectivity index (χ4n) is 2.91. The summed E-state index contributed by atoms with van der Waals surface area (Å²) in [6.07, 6.45) is 4.77. The number of amides is 2. The molecule has 126 valence electrons. The highest BCUT2D eigenvalue weighted by molar-refractivity contribution is 5.75. The molecule has 1 aliphatic heterocycles. The van der Waals surface area contributed by atoms with E-state index in [2.05, 4.69) is 15.6 Å². The van der Waals surface area contributed by atoms with Gasteiger partial charge in [0.25, 0.3) is 0 Å². The Morgan fingerprint density at radius 3 is 2.92 bits per heavy atom. The maximum absolute atomic E-state index is 13.8. The number of nitrogens with one attached hydrogen (secondary N) is 2. The topological polar surface area (TPSA) is 63.2 Å². The number of rotatable bonds is 4. The van der Waals surface area contributed by atoms with Crippen molar-refractivity contribution in [1.82, 2.24) is 15.6 Å². The lowest BCUT2D eigenvalue weighted by Crippen LogP contribution is -2.41. The first-order chi connectivity index (χ1) is 11.7. The summed E-state index contributed by atoms with van der Waals surface area (Å²) in [5.74, 6) is -0.169. The quantitative estimate of drug-likeness (QED) is 0.902. The van der Waals surface area contributed by atoms with Gasteiger partial charge in [0.2, 0.25) is 0 Å². The van der Waals surface area contributed by atoms with Crippen LogP contribution in [0.15, 0.2) is 42.7 Å². The van der Waals surface area contributed by atoms with Gasteiger partial charge in [-0.2, -0.15) is 0 Å². The van der Waals surface area contributed by atoms with E-state index in [0.29, 0.717) is 18.6 Å². The number of aromatic nitrogens is 1. The second-order valence-electron chi connectivity index (χ2n) is 5.71. The monoisotopic (exact) mass is 329 g/mol. The third kappa shape index (κ3) is 3.48. The number of benzene rings is 1.